The Hall–Kier alpha value is -3.01. The highest BCUT2D eigenvalue weighted by Gasteiger charge is 2.27. The van der Waals surface area contributed by atoms with Crippen LogP contribution in [0, 0.1) is 17.6 Å². The normalized spacial score (nSPS) is 11.1. The zero-order valence-electron chi connectivity index (χ0n) is 15.8. The Morgan fingerprint density at radius 2 is 2.00 bits per heavy atom. The SMILES string of the molecule is COCCN(C(=O)c1cccc(F)c1F)c1c(N)n(CC(C)C)c(=O)[nH]c1=O. The number of H-pyrrole nitrogens is 1. The van der Waals surface area contributed by atoms with Crippen molar-refractivity contribution in [3.8, 4) is 0 Å². The van der Waals surface area contributed by atoms with E-state index in [-0.39, 0.29) is 37.1 Å². The molecule has 2 rings (SSSR count). The van der Waals surface area contributed by atoms with Gasteiger partial charge in [-0.25, -0.2) is 13.6 Å². The summed E-state index contributed by atoms with van der Waals surface area (Å²) in [5.41, 5.74) is 3.49. The molecule has 28 heavy (non-hydrogen) atoms. The second kappa shape index (κ2) is 8.79. The number of nitrogens with one attached hydrogen (secondary N) is 1. The number of aromatic amines is 1. The van der Waals surface area contributed by atoms with Crippen molar-refractivity contribution < 1.29 is 18.3 Å². The third-order valence-electron chi connectivity index (χ3n) is 3.98. The summed E-state index contributed by atoms with van der Waals surface area (Å²) in [6.07, 6.45) is 0. The standard InChI is InChI=1S/C18H22F2N4O4/c1-10(2)9-24-15(21)14(16(25)22-18(24)27)23(7-8-28-3)17(26)11-5-4-6-12(19)13(11)20/h4-6,10H,7-9,21H2,1-3H3,(H,22,25,27). The number of ether oxygens (including phenoxy) is 1. The molecule has 1 aromatic carbocycles. The van der Waals surface area contributed by atoms with Crippen LogP contribution in [-0.4, -0.2) is 35.7 Å². The van der Waals surface area contributed by atoms with Crippen LogP contribution in [-0.2, 0) is 11.3 Å². The van der Waals surface area contributed by atoms with Crippen molar-refractivity contribution >= 4 is 17.4 Å². The van der Waals surface area contributed by atoms with E-state index in [9.17, 15) is 23.2 Å². The average Bonchev–Trinajstić information content (AvgIpc) is 2.62. The number of nitrogens with zero attached hydrogens (tertiary/aromatic N) is 2. The third-order valence-corrected chi connectivity index (χ3v) is 3.98. The molecule has 152 valence electrons. The summed E-state index contributed by atoms with van der Waals surface area (Å²) < 4.78 is 33.8. The van der Waals surface area contributed by atoms with Crippen LogP contribution < -0.4 is 21.9 Å². The largest absolute Gasteiger partial charge is 0.383 e. The van der Waals surface area contributed by atoms with Gasteiger partial charge in [-0.3, -0.25) is 24.0 Å². The highest BCUT2D eigenvalue weighted by atomic mass is 19.2. The molecule has 1 heterocycles. The van der Waals surface area contributed by atoms with Gasteiger partial charge < -0.3 is 10.5 Å². The number of carbonyl (C=O) groups excluding carboxylic acids is 1. The Morgan fingerprint density at radius 3 is 2.61 bits per heavy atom. The number of halogens is 2. The smallest absolute Gasteiger partial charge is 0.330 e. The van der Waals surface area contributed by atoms with Gasteiger partial charge in [0.1, 0.15) is 5.82 Å². The number of benzene rings is 1. The van der Waals surface area contributed by atoms with Crippen molar-refractivity contribution in [2.24, 2.45) is 5.92 Å². The fraction of sp³-hybridized carbons (Fsp3) is 0.389. The zero-order chi connectivity index (χ0) is 21.0. The van der Waals surface area contributed by atoms with Gasteiger partial charge in [-0.15, -0.1) is 0 Å². The number of nitrogens with two attached hydrogens (primary N) is 1. The molecular weight excluding hydrogens is 374 g/mol. The van der Waals surface area contributed by atoms with Crippen LogP contribution in [0.15, 0.2) is 27.8 Å². The van der Waals surface area contributed by atoms with Crippen molar-refractivity contribution in [1.29, 1.82) is 0 Å². The molecule has 0 aliphatic rings. The minimum absolute atomic E-state index is 0.00907. The number of carbonyl (C=O) groups is 1. The Morgan fingerprint density at radius 1 is 1.32 bits per heavy atom. The number of amides is 1. The van der Waals surface area contributed by atoms with Gasteiger partial charge in [0.25, 0.3) is 11.5 Å². The first kappa shape index (κ1) is 21.3. The van der Waals surface area contributed by atoms with Gasteiger partial charge in [0.05, 0.1) is 12.2 Å². The van der Waals surface area contributed by atoms with Crippen molar-refractivity contribution in [2.75, 3.05) is 30.9 Å². The molecule has 10 heteroatoms. The summed E-state index contributed by atoms with van der Waals surface area (Å²) in [7, 11) is 1.37. The molecule has 0 aliphatic carbocycles. The second-order valence-electron chi connectivity index (χ2n) is 6.55. The number of nitrogen functional groups attached to an aromatic ring is 1. The van der Waals surface area contributed by atoms with Crippen LogP contribution in [0.2, 0.25) is 0 Å². The maximum atomic E-state index is 14.1. The van der Waals surface area contributed by atoms with Gasteiger partial charge in [0.2, 0.25) is 0 Å². The average molecular weight is 396 g/mol. The maximum absolute atomic E-state index is 14.1. The molecule has 0 bridgehead atoms. The molecule has 0 atom stereocenters. The lowest BCUT2D eigenvalue weighted by Crippen LogP contribution is -2.43. The summed E-state index contributed by atoms with van der Waals surface area (Å²) in [4.78, 5) is 40.5. The van der Waals surface area contributed by atoms with E-state index in [1.807, 2.05) is 13.8 Å². The van der Waals surface area contributed by atoms with E-state index < -0.39 is 34.4 Å². The lowest BCUT2D eigenvalue weighted by atomic mass is 10.1. The summed E-state index contributed by atoms with van der Waals surface area (Å²) in [6, 6.07) is 3.14. The molecule has 0 radical (unpaired) electrons. The maximum Gasteiger partial charge on any atom is 0.330 e. The Balaban J connectivity index is 2.66. The van der Waals surface area contributed by atoms with Gasteiger partial charge in [-0.1, -0.05) is 19.9 Å². The number of methoxy groups -OCH3 is 1. The molecular formula is C18H22F2N4O4. The lowest BCUT2D eigenvalue weighted by Gasteiger charge is -2.25. The highest BCUT2D eigenvalue weighted by molar-refractivity contribution is 6.07. The molecule has 1 aromatic heterocycles. The van der Waals surface area contributed by atoms with Crippen molar-refractivity contribution in [2.45, 2.75) is 20.4 Å². The van der Waals surface area contributed by atoms with Gasteiger partial charge in [-0.05, 0) is 18.1 Å². The van der Waals surface area contributed by atoms with Crippen LogP contribution in [0.4, 0.5) is 20.3 Å². The van der Waals surface area contributed by atoms with E-state index in [2.05, 4.69) is 4.98 Å². The number of aromatic nitrogens is 2. The molecule has 0 unspecified atom stereocenters. The number of hydrogen-bond donors (Lipinski definition) is 2. The molecule has 0 saturated heterocycles. The summed E-state index contributed by atoms with van der Waals surface area (Å²) in [5, 5.41) is 0. The molecule has 0 saturated carbocycles. The van der Waals surface area contributed by atoms with Gasteiger partial charge in [-0.2, -0.15) is 0 Å². The number of hydrogen-bond acceptors (Lipinski definition) is 5. The first-order valence-corrected chi connectivity index (χ1v) is 8.56. The zero-order valence-corrected chi connectivity index (χ0v) is 15.8. The highest BCUT2D eigenvalue weighted by Crippen LogP contribution is 2.22. The summed E-state index contributed by atoms with van der Waals surface area (Å²) >= 11 is 0. The van der Waals surface area contributed by atoms with Gasteiger partial charge >= 0.3 is 5.69 Å². The van der Waals surface area contributed by atoms with Crippen LogP contribution in [0.3, 0.4) is 0 Å². The molecule has 0 spiro atoms. The fourth-order valence-electron chi connectivity index (χ4n) is 2.70. The minimum Gasteiger partial charge on any atom is -0.383 e. The first-order valence-electron chi connectivity index (χ1n) is 8.56. The predicted molar refractivity (Wildman–Crippen MR) is 100 cm³/mol. The fourth-order valence-corrected chi connectivity index (χ4v) is 2.70. The topological polar surface area (TPSA) is 110 Å². The van der Waals surface area contributed by atoms with Crippen molar-refractivity contribution in [1.82, 2.24) is 9.55 Å². The number of anilines is 2. The van der Waals surface area contributed by atoms with E-state index in [1.54, 1.807) is 0 Å². The van der Waals surface area contributed by atoms with E-state index in [0.717, 1.165) is 21.6 Å². The molecule has 2 aromatic rings. The molecule has 0 fully saturated rings. The second-order valence-corrected chi connectivity index (χ2v) is 6.55. The van der Waals surface area contributed by atoms with E-state index >= 15 is 0 Å². The van der Waals surface area contributed by atoms with E-state index in [1.165, 1.54) is 13.2 Å². The van der Waals surface area contributed by atoms with E-state index in [4.69, 9.17) is 10.5 Å². The minimum atomic E-state index is -1.35. The summed E-state index contributed by atoms with van der Waals surface area (Å²) in [6.45, 7) is 3.69. The quantitative estimate of drug-likeness (QED) is 0.734. The van der Waals surface area contributed by atoms with Gasteiger partial charge in [0, 0.05) is 20.2 Å². The lowest BCUT2D eigenvalue weighted by molar-refractivity contribution is 0.0970. The predicted octanol–water partition coefficient (Wildman–Crippen LogP) is 1.35. The Labute approximate surface area is 159 Å². The van der Waals surface area contributed by atoms with Crippen LogP contribution in [0.25, 0.3) is 0 Å². The van der Waals surface area contributed by atoms with Gasteiger partial charge in [0.15, 0.2) is 17.3 Å². The Kier molecular flexibility index (Phi) is 6.68. The Bertz CT molecular complexity index is 985. The van der Waals surface area contributed by atoms with E-state index in [0.29, 0.717) is 0 Å². The van der Waals surface area contributed by atoms with Crippen LogP contribution in [0.5, 0.6) is 0 Å². The molecule has 0 aliphatic heterocycles. The van der Waals surface area contributed by atoms with Crippen molar-refractivity contribution in [3.05, 3.63) is 56.2 Å². The van der Waals surface area contributed by atoms with Crippen LogP contribution >= 0.6 is 0 Å². The number of rotatable bonds is 7. The van der Waals surface area contributed by atoms with Crippen molar-refractivity contribution in [3.63, 3.8) is 0 Å². The molecule has 1 amide bonds. The monoisotopic (exact) mass is 396 g/mol. The van der Waals surface area contributed by atoms with Crippen LogP contribution in [0.1, 0.15) is 24.2 Å². The summed E-state index contributed by atoms with van der Waals surface area (Å²) in [5.74, 6) is -3.77. The third kappa shape index (κ3) is 4.28. The first-order chi connectivity index (χ1) is 13.2. The molecule has 3 N–H and O–H groups in total. The molecule has 8 nitrogen and oxygen atoms in total.